The molecule has 0 saturated carbocycles. The van der Waals surface area contributed by atoms with E-state index in [0.717, 1.165) is 19.3 Å². The second kappa shape index (κ2) is 4.56. The number of nitrogens with one attached hydrogen (secondary N) is 1. The van der Waals surface area contributed by atoms with Crippen LogP contribution in [0.2, 0.25) is 5.15 Å². The van der Waals surface area contributed by atoms with Gasteiger partial charge in [0.15, 0.2) is 0 Å². The molecule has 1 aromatic rings. The fraction of sp³-hybridized carbons (Fsp3) is 0.636. The van der Waals surface area contributed by atoms with Gasteiger partial charge in [0.1, 0.15) is 5.15 Å². The summed E-state index contributed by atoms with van der Waals surface area (Å²) in [5.74, 6) is 0. The summed E-state index contributed by atoms with van der Waals surface area (Å²) in [5.41, 5.74) is -0.845. The molecular formula is C11H16ClN3O2. The highest BCUT2D eigenvalue weighted by molar-refractivity contribution is 6.29. The Morgan fingerprint density at radius 1 is 1.29 bits per heavy atom. The van der Waals surface area contributed by atoms with Crippen LogP contribution in [0.1, 0.15) is 33.1 Å². The summed E-state index contributed by atoms with van der Waals surface area (Å²) in [6.45, 7) is 4.05. The second-order valence-corrected chi connectivity index (χ2v) is 4.99. The van der Waals surface area contributed by atoms with Gasteiger partial charge in [-0.05, 0) is 33.1 Å². The Morgan fingerprint density at radius 2 is 1.88 bits per heavy atom. The number of aromatic amines is 1. The first-order chi connectivity index (χ1) is 8.00. The van der Waals surface area contributed by atoms with Crippen molar-refractivity contribution in [3.05, 3.63) is 32.1 Å². The van der Waals surface area contributed by atoms with Crippen molar-refractivity contribution in [1.82, 2.24) is 9.66 Å². The Balaban J connectivity index is 2.52. The lowest BCUT2D eigenvalue weighted by atomic mass is 10.00. The molecule has 1 aromatic heterocycles. The second-order valence-electron chi connectivity index (χ2n) is 4.58. The van der Waals surface area contributed by atoms with E-state index in [0.29, 0.717) is 0 Å². The van der Waals surface area contributed by atoms with Gasteiger partial charge in [0.2, 0.25) is 0 Å². The smallest absolute Gasteiger partial charge is 0.300 e. The van der Waals surface area contributed by atoms with Crippen molar-refractivity contribution in [3.8, 4) is 0 Å². The molecule has 0 radical (unpaired) electrons. The topological polar surface area (TPSA) is 58.1 Å². The van der Waals surface area contributed by atoms with Crippen LogP contribution >= 0.6 is 11.6 Å². The summed E-state index contributed by atoms with van der Waals surface area (Å²) in [6, 6.07) is 1.59. The van der Waals surface area contributed by atoms with E-state index in [2.05, 4.69) is 4.98 Å². The molecule has 1 aliphatic heterocycles. The first-order valence-corrected chi connectivity index (χ1v) is 6.19. The third kappa shape index (κ3) is 2.24. The van der Waals surface area contributed by atoms with Crippen molar-refractivity contribution in [3.63, 3.8) is 0 Å². The number of rotatable bonds is 1. The van der Waals surface area contributed by atoms with Gasteiger partial charge in [0.05, 0.1) is 0 Å². The zero-order valence-electron chi connectivity index (χ0n) is 9.94. The Bertz CT molecular complexity index is 481. The molecule has 1 N–H and O–H groups in total. The molecule has 2 rings (SSSR count). The van der Waals surface area contributed by atoms with Crippen LogP contribution in [-0.2, 0) is 0 Å². The van der Waals surface area contributed by atoms with Crippen LogP contribution in [0, 0.1) is 0 Å². The lowest BCUT2D eigenvalue weighted by molar-refractivity contribution is 0.323. The minimum Gasteiger partial charge on any atom is -0.300 e. The van der Waals surface area contributed by atoms with Crippen molar-refractivity contribution in [2.75, 3.05) is 5.01 Å². The molecular weight excluding hydrogens is 242 g/mol. The molecule has 0 spiro atoms. The van der Waals surface area contributed by atoms with Gasteiger partial charge in [-0.25, -0.2) is 4.79 Å². The molecule has 1 aliphatic rings. The van der Waals surface area contributed by atoms with Crippen molar-refractivity contribution in [2.45, 2.75) is 45.2 Å². The minimum atomic E-state index is -0.469. The maximum atomic E-state index is 11.9. The van der Waals surface area contributed by atoms with Gasteiger partial charge in [0.25, 0.3) is 5.56 Å². The zero-order valence-corrected chi connectivity index (χ0v) is 10.7. The number of hydrogen-bond donors (Lipinski definition) is 1. The highest BCUT2D eigenvalue weighted by atomic mass is 35.5. The fourth-order valence-corrected chi connectivity index (χ4v) is 2.66. The molecule has 2 heterocycles. The SMILES string of the molecule is CC1CCCC(C)N1n1c(=O)cc(Cl)[nH]c1=O. The number of halogens is 1. The van der Waals surface area contributed by atoms with Crippen LogP contribution < -0.4 is 16.3 Å². The largest absolute Gasteiger partial charge is 0.348 e. The van der Waals surface area contributed by atoms with Gasteiger partial charge in [-0.2, -0.15) is 4.68 Å². The minimum absolute atomic E-state index is 0.0774. The third-order valence-electron chi connectivity index (χ3n) is 3.26. The van der Waals surface area contributed by atoms with E-state index in [1.807, 2.05) is 18.9 Å². The van der Waals surface area contributed by atoms with Crippen molar-refractivity contribution >= 4 is 11.6 Å². The first kappa shape index (κ1) is 12.2. The molecule has 0 aliphatic carbocycles. The standard InChI is InChI=1S/C11H16ClN3O2/c1-7-4-3-5-8(2)14(7)15-10(16)6-9(12)13-11(15)17/h6-8H,3-5H2,1-2H3,(H,13,17). The maximum absolute atomic E-state index is 11.9. The van der Waals surface area contributed by atoms with Crippen LogP contribution in [0.15, 0.2) is 15.7 Å². The van der Waals surface area contributed by atoms with Crippen LogP contribution in [0.5, 0.6) is 0 Å². The first-order valence-electron chi connectivity index (χ1n) is 5.81. The Hall–Kier alpha value is -1.23. The monoisotopic (exact) mass is 257 g/mol. The molecule has 2 atom stereocenters. The fourth-order valence-electron chi connectivity index (χ4n) is 2.48. The third-order valence-corrected chi connectivity index (χ3v) is 3.46. The summed E-state index contributed by atoms with van der Waals surface area (Å²) < 4.78 is 1.17. The van der Waals surface area contributed by atoms with Crippen molar-refractivity contribution in [1.29, 1.82) is 0 Å². The summed E-state index contributed by atoms with van der Waals surface area (Å²) in [7, 11) is 0. The van der Waals surface area contributed by atoms with Gasteiger partial charge < -0.3 is 5.01 Å². The molecule has 1 fully saturated rings. The van der Waals surface area contributed by atoms with Gasteiger partial charge in [-0.3, -0.25) is 9.78 Å². The number of aromatic nitrogens is 2. The zero-order chi connectivity index (χ0) is 12.6. The van der Waals surface area contributed by atoms with Crippen LogP contribution in [0.25, 0.3) is 0 Å². The highest BCUT2D eigenvalue weighted by Gasteiger charge is 2.27. The Morgan fingerprint density at radius 3 is 2.41 bits per heavy atom. The summed E-state index contributed by atoms with van der Waals surface area (Å²) >= 11 is 5.65. The number of piperidine rings is 1. The number of hydrogen-bond acceptors (Lipinski definition) is 3. The molecule has 94 valence electrons. The lowest BCUT2D eigenvalue weighted by Crippen LogP contribution is -2.59. The quantitative estimate of drug-likeness (QED) is 0.767. The Labute approximate surface area is 104 Å². The Kier molecular flexibility index (Phi) is 3.28. The van der Waals surface area contributed by atoms with E-state index in [1.165, 1.54) is 10.7 Å². The molecule has 17 heavy (non-hydrogen) atoms. The molecule has 0 aromatic carbocycles. The predicted octanol–water partition coefficient (Wildman–Crippen LogP) is 1.09. The van der Waals surface area contributed by atoms with Gasteiger partial charge in [-0.1, -0.05) is 11.6 Å². The normalized spacial score (nSPS) is 25.0. The number of nitrogens with zero attached hydrogens (tertiary/aromatic N) is 2. The van der Waals surface area contributed by atoms with E-state index in [4.69, 9.17) is 11.6 Å². The van der Waals surface area contributed by atoms with E-state index >= 15 is 0 Å². The number of H-pyrrole nitrogens is 1. The highest BCUT2D eigenvalue weighted by Crippen LogP contribution is 2.19. The van der Waals surface area contributed by atoms with Gasteiger partial charge in [-0.15, -0.1) is 0 Å². The summed E-state index contributed by atoms with van der Waals surface area (Å²) in [4.78, 5) is 26.1. The molecule has 5 nitrogen and oxygen atoms in total. The predicted molar refractivity (Wildman–Crippen MR) is 67.3 cm³/mol. The molecule has 6 heteroatoms. The van der Waals surface area contributed by atoms with E-state index in [9.17, 15) is 9.59 Å². The molecule has 2 unspecified atom stereocenters. The average molecular weight is 258 g/mol. The van der Waals surface area contributed by atoms with E-state index in [1.54, 1.807) is 0 Å². The van der Waals surface area contributed by atoms with Crippen LogP contribution in [-0.4, -0.2) is 21.7 Å². The van der Waals surface area contributed by atoms with Crippen molar-refractivity contribution in [2.24, 2.45) is 0 Å². The average Bonchev–Trinajstić information content (AvgIpc) is 2.21. The van der Waals surface area contributed by atoms with Gasteiger partial charge in [0, 0.05) is 18.2 Å². The van der Waals surface area contributed by atoms with Gasteiger partial charge >= 0.3 is 5.69 Å². The maximum Gasteiger partial charge on any atom is 0.348 e. The summed E-state index contributed by atoms with van der Waals surface area (Å²) in [6.07, 6.45) is 3.09. The van der Waals surface area contributed by atoms with E-state index in [-0.39, 0.29) is 22.8 Å². The van der Waals surface area contributed by atoms with E-state index < -0.39 is 5.69 Å². The molecule has 0 bridgehead atoms. The van der Waals surface area contributed by atoms with Crippen molar-refractivity contribution < 1.29 is 0 Å². The summed E-state index contributed by atoms with van der Waals surface area (Å²) in [5, 5.41) is 1.93. The lowest BCUT2D eigenvalue weighted by Gasteiger charge is -2.40. The van der Waals surface area contributed by atoms with Crippen LogP contribution in [0.3, 0.4) is 0 Å². The molecule has 1 saturated heterocycles. The van der Waals surface area contributed by atoms with Crippen LogP contribution in [0.4, 0.5) is 0 Å². The molecule has 0 amide bonds.